The molecule has 0 aliphatic heterocycles. The normalized spacial score (nSPS) is 12.8. The monoisotopic (exact) mass is 293 g/mol. The molecule has 0 unspecified atom stereocenters. The van der Waals surface area contributed by atoms with E-state index in [1.54, 1.807) is 18.3 Å². The third-order valence-corrected chi connectivity index (χ3v) is 4.22. The first kappa shape index (κ1) is 14.7. The highest BCUT2D eigenvalue weighted by atomic mass is 32.1. The number of thiophene rings is 1. The van der Waals surface area contributed by atoms with Gasteiger partial charge >= 0.3 is 5.97 Å². The van der Waals surface area contributed by atoms with Crippen molar-refractivity contribution in [3.8, 4) is 0 Å². The fraction of sp³-hybridized carbons (Fsp3) is 0.500. The average Bonchev–Trinajstić information content (AvgIpc) is 2.81. The lowest BCUT2D eigenvalue weighted by Crippen LogP contribution is -2.26. The highest BCUT2D eigenvalue weighted by molar-refractivity contribution is 7.18. The lowest BCUT2D eigenvalue weighted by Gasteiger charge is -2.13. The Morgan fingerprint density at radius 3 is 2.65 bits per heavy atom. The summed E-state index contributed by atoms with van der Waals surface area (Å²) in [6.07, 6.45) is 0.936. The first-order chi connectivity index (χ1) is 9.42. The smallest absolute Gasteiger partial charge is 0.325 e. The van der Waals surface area contributed by atoms with E-state index in [0.717, 1.165) is 22.5 Å². The van der Waals surface area contributed by atoms with Crippen LogP contribution in [0.2, 0.25) is 0 Å². The molecule has 0 fully saturated rings. The van der Waals surface area contributed by atoms with E-state index in [-0.39, 0.29) is 5.92 Å². The van der Waals surface area contributed by atoms with Gasteiger partial charge in [-0.05, 0) is 19.4 Å². The Labute approximate surface area is 122 Å². The van der Waals surface area contributed by atoms with Gasteiger partial charge in [-0.25, -0.2) is 9.97 Å². The standard InChI is InChI=1S/C14H19N3O2S/c1-5-9-6-10-12(15-8(4)14(18)19)16-11(7(2)3)17-13(10)20-9/h6-8H,5H2,1-4H3,(H,18,19)(H,15,16,17)/t8-/m0/s1. The fourth-order valence-corrected chi connectivity index (χ4v) is 2.77. The Kier molecular flexibility index (Phi) is 4.23. The van der Waals surface area contributed by atoms with Gasteiger partial charge in [-0.15, -0.1) is 11.3 Å². The number of aryl methyl sites for hydroxylation is 1. The van der Waals surface area contributed by atoms with Gasteiger partial charge in [0, 0.05) is 10.8 Å². The molecule has 0 aromatic carbocycles. The van der Waals surface area contributed by atoms with Crippen LogP contribution in [0.5, 0.6) is 0 Å². The topological polar surface area (TPSA) is 75.1 Å². The molecule has 108 valence electrons. The quantitative estimate of drug-likeness (QED) is 0.885. The largest absolute Gasteiger partial charge is 0.480 e. The minimum absolute atomic E-state index is 0.201. The number of hydrogen-bond donors (Lipinski definition) is 2. The number of carboxylic acid groups (broad SMARTS) is 1. The maximum absolute atomic E-state index is 11.0. The number of rotatable bonds is 5. The Morgan fingerprint density at radius 1 is 1.40 bits per heavy atom. The van der Waals surface area contributed by atoms with Gasteiger partial charge in [-0.2, -0.15) is 0 Å². The van der Waals surface area contributed by atoms with Crippen molar-refractivity contribution in [2.24, 2.45) is 0 Å². The highest BCUT2D eigenvalue weighted by Gasteiger charge is 2.17. The third-order valence-electron chi connectivity index (χ3n) is 3.05. The Bertz CT molecular complexity index is 637. The molecule has 0 spiro atoms. The first-order valence-corrected chi connectivity index (χ1v) is 7.53. The molecule has 0 saturated carbocycles. The predicted molar refractivity (Wildman–Crippen MR) is 81.6 cm³/mol. The number of carboxylic acids is 1. The number of fused-ring (bicyclic) bond motifs is 1. The van der Waals surface area contributed by atoms with Crippen LogP contribution in [0.4, 0.5) is 5.82 Å². The van der Waals surface area contributed by atoms with Crippen molar-refractivity contribution in [2.75, 3.05) is 5.32 Å². The van der Waals surface area contributed by atoms with Gasteiger partial charge in [0.1, 0.15) is 22.5 Å². The van der Waals surface area contributed by atoms with Gasteiger partial charge in [0.2, 0.25) is 0 Å². The summed E-state index contributed by atoms with van der Waals surface area (Å²) < 4.78 is 0. The van der Waals surface area contributed by atoms with Gasteiger partial charge in [-0.3, -0.25) is 4.79 Å². The van der Waals surface area contributed by atoms with Crippen molar-refractivity contribution in [2.45, 2.75) is 46.1 Å². The molecule has 0 radical (unpaired) electrons. The molecular weight excluding hydrogens is 274 g/mol. The van der Waals surface area contributed by atoms with E-state index in [1.807, 2.05) is 19.9 Å². The van der Waals surface area contributed by atoms with Gasteiger partial charge in [0.15, 0.2) is 0 Å². The minimum Gasteiger partial charge on any atom is -0.480 e. The SMILES string of the molecule is CCc1cc2c(N[C@@H](C)C(=O)O)nc(C(C)C)nc2s1. The van der Waals surface area contributed by atoms with Gasteiger partial charge < -0.3 is 10.4 Å². The van der Waals surface area contributed by atoms with Crippen molar-refractivity contribution in [3.05, 3.63) is 16.8 Å². The summed E-state index contributed by atoms with van der Waals surface area (Å²) in [4.78, 5) is 22.2. The number of aromatic nitrogens is 2. The molecule has 0 bridgehead atoms. The van der Waals surface area contributed by atoms with E-state index in [4.69, 9.17) is 5.11 Å². The van der Waals surface area contributed by atoms with Gasteiger partial charge in [0.25, 0.3) is 0 Å². The maximum Gasteiger partial charge on any atom is 0.325 e. The Hall–Kier alpha value is -1.69. The molecule has 2 aromatic rings. The van der Waals surface area contributed by atoms with Crippen LogP contribution in [0.25, 0.3) is 10.2 Å². The van der Waals surface area contributed by atoms with Crippen molar-refractivity contribution in [1.29, 1.82) is 0 Å². The predicted octanol–water partition coefficient (Wildman–Crippen LogP) is 3.26. The molecule has 2 N–H and O–H groups in total. The molecule has 5 nitrogen and oxygen atoms in total. The second kappa shape index (κ2) is 5.75. The zero-order valence-electron chi connectivity index (χ0n) is 12.1. The van der Waals surface area contributed by atoms with Crippen LogP contribution in [0.1, 0.15) is 44.3 Å². The van der Waals surface area contributed by atoms with Crippen LogP contribution >= 0.6 is 11.3 Å². The number of carbonyl (C=O) groups is 1. The zero-order chi connectivity index (χ0) is 14.9. The van der Waals surface area contributed by atoms with Crippen molar-refractivity contribution in [3.63, 3.8) is 0 Å². The van der Waals surface area contributed by atoms with Crippen LogP contribution in [-0.4, -0.2) is 27.1 Å². The summed E-state index contributed by atoms with van der Waals surface area (Å²) in [5, 5.41) is 12.9. The summed E-state index contributed by atoms with van der Waals surface area (Å²) in [7, 11) is 0. The second-order valence-electron chi connectivity index (χ2n) is 5.07. The van der Waals surface area contributed by atoms with Crippen molar-refractivity contribution in [1.82, 2.24) is 9.97 Å². The summed E-state index contributed by atoms with van der Waals surface area (Å²) in [5.41, 5.74) is 0. The number of hydrogen-bond acceptors (Lipinski definition) is 5. The molecule has 0 aliphatic carbocycles. The minimum atomic E-state index is -0.895. The molecule has 0 aliphatic rings. The van der Waals surface area contributed by atoms with Crippen LogP contribution in [0, 0.1) is 0 Å². The molecule has 0 amide bonds. The van der Waals surface area contributed by atoms with Crippen LogP contribution < -0.4 is 5.32 Å². The average molecular weight is 293 g/mol. The van der Waals surface area contributed by atoms with E-state index < -0.39 is 12.0 Å². The number of anilines is 1. The number of nitrogens with zero attached hydrogens (tertiary/aromatic N) is 2. The molecule has 2 heterocycles. The lowest BCUT2D eigenvalue weighted by molar-refractivity contribution is -0.137. The third kappa shape index (κ3) is 2.90. The molecule has 2 rings (SSSR count). The van der Waals surface area contributed by atoms with Gasteiger partial charge in [-0.1, -0.05) is 20.8 Å². The number of nitrogens with one attached hydrogen (secondary N) is 1. The highest BCUT2D eigenvalue weighted by Crippen LogP contribution is 2.31. The summed E-state index contributed by atoms with van der Waals surface area (Å²) in [6, 6.07) is 1.36. The Morgan fingerprint density at radius 2 is 2.10 bits per heavy atom. The van der Waals surface area contributed by atoms with E-state index >= 15 is 0 Å². The maximum atomic E-state index is 11.0. The van der Waals surface area contributed by atoms with Crippen molar-refractivity contribution < 1.29 is 9.90 Å². The molecule has 1 atom stereocenters. The molecular formula is C14H19N3O2S. The first-order valence-electron chi connectivity index (χ1n) is 6.72. The fourth-order valence-electron chi connectivity index (χ4n) is 1.80. The van der Waals surface area contributed by atoms with Crippen molar-refractivity contribution >= 4 is 33.3 Å². The molecule has 0 saturated heterocycles. The zero-order valence-corrected chi connectivity index (χ0v) is 12.9. The number of aliphatic carboxylic acids is 1. The summed E-state index contributed by atoms with van der Waals surface area (Å²) in [6.45, 7) is 7.76. The van der Waals surface area contributed by atoms with Crippen LogP contribution in [0.15, 0.2) is 6.07 Å². The molecule has 2 aromatic heterocycles. The van der Waals surface area contributed by atoms with Gasteiger partial charge in [0.05, 0.1) is 5.39 Å². The lowest BCUT2D eigenvalue weighted by atomic mass is 10.2. The molecule has 6 heteroatoms. The summed E-state index contributed by atoms with van der Waals surface area (Å²) in [5.74, 6) is 0.660. The summed E-state index contributed by atoms with van der Waals surface area (Å²) >= 11 is 1.64. The van der Waals surface area contributed by atoms with E-state index in [9.17, 15) is 4.79 Å². The van der Waals surface area contributed by atoms with E-state index in [1.165, 1.54) is 4.88 Å². The van der Waals surface area contributed by atoms with Crippen LogP contribution in [0.3, 0.4) is 0 Å². The van der Waals surface area contributed by atoms with E-state index in [0.29, 0.717) is 5.82 Å². The second-order valence-corrected chi connectivity index (χ2v) is 6.19. The molecule has 20 heavy (non-hydrogen) atoms. The van der Waals surface area contributed by atoms with Crippen LogP contribution in [-0.2, 0) is 11.2 Å². The Balaban J connectivity index is 2.53. The van der Waals surface area contributed by atoms with E-state index in [2.05, 4.69) is 22.2 Å².